The second-order valence-electron chi connectivity index (χ2n) is 3.27. The molecule has 0 saturated carbocycles. The van der Waals surface area contributed by atoms with Gasteiger partial charge in [0.25, 0.3) is 5.91 Å². The molecule has 0 bridgehead atoms. The first kappa shape index (κ1) is 10.7. The third kappa shape index (κ3) is 2.81. The van der Waals surface area contributed by atoms with Crippen LogP contribution in [0, 0.1) is 6.92 Å². The van der Waals surface area contributed by atoms with Gasteiger partial charge in [-0.2, -0.15) is 0 Å². The Labute approximate surface area is 83.5 Å². The number of nitrogens with zero attached hydrogens (tertiary/aromatic N) is 1. The molecule has 1 heterocycles. The van der Waals surface area contributed by atoms with Crippen LogP contribution in [0.5, 0.6) is 0 Å². The molecule has 0 fully saturated rings. The molecule has 0 spiro atoms. The highest BCUT2D eigenvalue weighted by atomic mass is 16.1. The predicted octanol–water partition coefficient (Wildman–Crippen LogP) is 0.467. The standard InChI is InChI=1S/C10H15N3O/c1-7-4-3-5-9(12-7)10(14)13-8(2)6-11/h3-5,8H,6,11H2,1-2H3,(H,13,14)/t8-/m1/s1. The molecular weight excluding hydrogens is 178 g/mol. The van der Waals surface area contributed by atoms with Gasteiger partial charge in [0.15, 0.2) is 0 Å². The van der Waals surface area contributed by atoms with Crippen LogP contribution in [0.4, 0.5) is 0 Å². The SMILES string of the molecule is Cc1cccc(C(=O)N[C@H](C)CN)n1. The number of aromatic nitrogens is 1. The lowest BCUT2D eigenvalue weighted by atomic mass is 10.2. The molecule has 14 heavy (non-hydrogen) atoms. The summed E-state index contributed by atoms with van der Waals surface area (Å²) in [4.78, 5) is 15.6. The summed E-state index contributed by atoms with van der Waals surface area (Å²) in [7, 11) is 0. The molecule has 3 N–H and O–H groups in total. The Bertz CT molecular complexity index is 325. The van der Waals surface area contributed by atoms with Crippen LogP contribution in [-0.4, -0.2) is 23.5 Å². The summed E-state index contributed by atoms with van der Waals surface area (Å²) in [5.41, 5.74) is 6.66. The molecule has 1 atom stereocenters. The van der Waals surface area contributed by atoms with Gasteiger partial charge in [-0.25, -0.2) is 4.98 Å². The van der Waals surface area contributed by atoms with Gasteiger partial charge in [-0.3, -0.25) is 4.79 Å². The average Bonchev–Trinajstić information content (AvgIpc) is 2.17. The van der Waals surface area contributed by atoms with Crippen LogP contribution in [0.15, 0.2) is 18.2 Å². The highest BCUT2D eigenvalue weighted by molar-refractivity contribution is 5.92. The van der Waals surface area contributed by atoms with Crippen molar-refractivity contribution >= 4 is 5.91 Å². The van der Waals surface area contributed by atoms with Crippen LogP contribution in [-0.2, 0) is 0 Å². The highest BCUT2D eigenvalue weighted by Gasteiger charge is 2.09. The Morgan fingerprint density at radius 3 is 2.93 bits per heavy atom. The number of rotatable bonds is 3. The molecule has 4 heteroatoms. The van der Waals surface area contributed by atoms with E-state index in [2.05, 4.69) is 10.3 Å². The number of nitrogens with two attached hydrogens (primary N) is 1. The molecule has 4 nitrogen and oxygen atoms in total. The predicted molar refractivity (Wildman–Crippen MR) is 55.0 cm³/mol. The van der Waals surface area contributed by atoms with Gasteiger partial charge in [-0.05, 0) is 26.0 Å². The fourth-order valence-electron chi connectivity index (χ4n) is 1.03. The van der Waals surface area contributed by atoms with E-state index in [1.165, 1.54) is 0 Å². The largest absolute Gasteiger partial charge is 0.347 e. The van der Waals surface area contributed by atoms with Gasteiger partial charge in [0.2, 0.25) is 0 Å². The summed E-state index contributed by atoms with van der Waals surface area (Å²) in [5.74, 6) is -0.174. The molecular formula is C10H15N3O. The van der Waals surface area contributed by atoms with Gasteiger partial charge in [-0.1, -0.05) is 6.07 Å². The van der Waals surface area contributed by atoms with Crippen molar-refractivity contribution in [2.24, 2.45) is 5.73 Å². The Hall–Kier alpha value is -1.42. The summed E-state index contributed by atoms with van der Waals surface area (Å²) in [5, 5.41) is 2.75. The molecule has 1 rings (SSSR count). The van der Waals surface area contributed by atoms with E-state index < -0.39 is 0 Å². The van der Waals surface area contributed by atoms with E-state index in [1.54, 1.807) is 6.07 Å². The van der Waals surface area contributed by atoms with E-state index in [0.717, 1.165) is 5.69 Å². The maximum Gasteiger partial charge on any atom is 0.270 e. The van der Waals surface area contributed by atoms with Crippen LogP contribution in [0.1, 0.15) is 23.1 Å². The lowest BCUT2D eigenvalue weighted by Gasteiger charge is -2.10. The quantitative estimate of drug-likeness (QED) is 0.733. The summed E-state index contributed by atoms with van der Waals surface area (Å²) in [6.07, 6.45) is 0. The summed E-state index contributed by atoms with van der Waals surface area (Å²) in [6, 6.07) is 5.32. The minimum atomic E-state index is -0.174. The fourth-order valence-corrected chi connectivity index (χ4v) is 1.03. The van der Waals surface area contributed by atoms with Crippen molar-refractivity contribution in [3.8, 4) is 0 Å². The second kappa shape index (κ2) is 4.72. The molecule has 1 aromatic rings. The van der Waals surface area contributed by atoms with Crippen LogP contribution in [0.2, 0.25) is 0 Å². The van der Waals surface area contributed by atoms with Crippen LogP contribution in [0.3, 0.4) is 0 Å². The van der Waals surface area contributed by atoms with Crippen molar-refractivity contribution in [2.75, 3.05) is 6.54 Å². The van der Waals surface area contributed by atoms with Gasteiger partial charge in [0, 0.05) is 18.3 Å². The van der Waals surface area contributed by atoms with Gasteiger partial charge >= 0.3 is 0 Å². The van der Waals surface area contributed by atoms with E-state index in [0.29, 0.717) is 12.2 Å². The molecule has 0 aliphatic rings. The number of hydrogen-bond acceptors (Lipinski definition) is 3. The first-order valence-electron chi connectivity index (χ1n) is 4.58. The number of nitrogens with one attached hydrogen (secondary N) is 1. The summed E-state index contributed by atoms with van der Waals surface area (Å²) in [6.45, 7) is 4.13. The lowest BCUT2D eigenvalue weighted by Crippen LogP contribution is -2.38. The van der Waals surface area contributed by atoms with Crippen molar-refractivity contribution in [2.45, 2.75) is 19.9 Å². The van der Waals surface area contributed by atoms with Gasteiger partial charge < -0.3 is 11.1 Å². The van der Waals surface area contributed by atoms with Crippen LogP contribution in [0.25, 0.3) is 0 Å². The maximum absolute atomic E-state index is 11.5. The Morgan fingerprint density at radius 1 is 1.64 bits per heavy atom. The van der Waals surface area contributed by atoms with Gasteiger partial charge in [0.1, 0.15) is 5.69 Å². The van der Waals surface area contributed by atoms with E-state index in [1.807, 2.05) is 26.0 Å². The van der Waals surface area contributed by atoms with Crippen molar-refractivity contribution in [3.63, 3.8) is 0 Å². The van der Waals surface area contributed by atoms with Crippen LogP contribution >= 0.6 is 0 Å². The number of carbonyl (C=O) groups is 1. The van der Waals surface area contributed by atoms with Crippen molar-refractivity contribution in [1.29, 1.82) is 0 Å². The molecule has 76 valence electrons. The minimum Gasteiger partial charge on any atom is -0.347 e. The normalized spacial score (nSPS) is 12.2. The van der Waals surface area contributed by atoms with E-state index >= 15 is 0 Å². The Balaban J connectivity index is 2.70. The Morgan fingerprint density at radius 2 is 2.36 bits per heavy atom. The third-order valence-corrected chi connectivity index (χ3v) is 1.85. The lowest BCUT2D eigenvalue weighted by molar-refractivity contribution is 0.0936. The summed E-state index contributed by atoms with van der Waals surface area (Å²) >= 11 is 0. The number of pyridine rings is 1. The van der Waals surface area contributed by atoms with E-state index in [9.17, 15) is 4.79 Å². The number of aryl methyl sites for hydroxylation is 1. The molecule has 0 aromatic carbocycles. The Kier molecular flexibility index (Phi) is 3.59. The summed E-state index contributed by atoms with van der Waals surface area (Å²) < 4.78 is 0. The highest BCUT2D eigenvalue weighted by Crippen LogP contribution is 1.98. The van der Waals surface area contributed by atoms with E-state index in [4.69, 9.17) is 5.73 Å². The molecule has 1 amide bonds. The van der Waals surface area contributed by atoms with Crippen molar-refractivity contribution < 1.29 is 4.79 Å². The second-order valence-corrected chi connectivity index (χ2v) is 3.27. The molecule has 0 unspecified atom stereocenters. The zero-order valence-corrected chi connectivity index (χ0v) is 8.45. The minimum absolute atomic E-state index is 0.0233. The number of amides is 1. The smallest absolute Gasteiger partial charge is 0.270 e. The molecule has 0 aliphatic carbocycles. The van der Waals surface area contributed by atoms with Crippen LogP contribution < -0.4 is 11.1 Å². The maximum atomic E-state index is 11.5. The van der Waals surface area contributed by atoms with Crippen molar-refractivity contribution in [1.82, 2.24) is 10.3 Å². The molecule has 0 radical (unpaired) electrons. The topological polar surface area (TPSA) is 68.0 Å². The number of hydrogen-bond donors (Lipinski definition) is 2. The zero-order valence-electron chi connectivity index (χ0n) is 8.45. The van der Waals surface area contributed by atoms with Gasteiger partial charge in [0.05, 0.1) is 0 Å². The molecule has 0 aliphatic heterocycles. The molecule has 0 saturated heterocycles. The first-order chi connectivity index (χ1) is 6.63. The fraction of sp³-hybridized carbons (Fsp3) is 0.400. The zero-order chi connectivity index (χ0) is 10.6. The molecule has 1 aromatic heterocycles. The van der Waals surface area contributed by atoms with Crippen molar-refractivity contribution in [3.05, 3.63) is 29.6 Å². The average molecular weight is 193 g/mol. The van der Waals surface area contributed by atoms with Gasteiger partial charge in [-0.15, -0.1) is 0 Å². The monoisotopic (exact) mass is 193 g/mol. The third-order valence-electron chi connectivity index (χ3n) is 1.85. The number of carbonyl (C=O) groups excluding carboxylic acids is 1. The van der Waals surface area contributed by atoms with E-state index in [-0.39, 0.29) is 11.9 Å². The first-order valence-corrected chi connectivity index (χ1v) is 4.58.